The van der Waals surface area contributed by atoms with Gasteiger partial charge in [-0.25, -0.2) is 4.39 Å². The zero-order valence-electron chi connectivity index (χ0n) is 11.1. The van der Waals surface area contributed by atoms with Gasteiger partial charge in [0.25, 0.3) is 0 Å². The predicted octanol–water partition coefficient (Wildman–Crippen LogP) is 2.74. The van der Waals surface area contributed by atoms with Crippen molar-refractivity contribution >= 4 is 12.4 Å². The number of halogens is 2. The van der Waals surface area contributed by atoms with Gasteiger partial charge in [-0.15, -0.1) is 12.4 Å². The van der Waals surface area contributed by atoms with Gasteiger partial charge in [0.2, 0.25) is 0 Å². The maximum absolute atomic E-state index is 13.2. The molecule has 1 fully saturated rings. The highest BCUT2D eigenvalue weighted by Gasteiger charge is 2.24. The lowest BCUT2D eigenvalue weighted by Gasteiger charge is -2.25. The molecule has 1 atom stereocenters. The van der Waals surface area contributed by atoms with E-state index in [4.69, 9.17) is 0 Å². The Hall–Kier alpha value is -0.640. The molecule has 102 valence electrons. The highest BCUT2D eigenvalue weighted by molar-refractivity contribution is 5.85. The summed E-state index contributed by atoms with van der Waals surface area (Å²) < 4.78 is 13.2. The van der Waals surface area contributed by atoms with Crippen molar-refractivity contribution in [1.82, 2.24) is 10.2 Å². The fourth-order valence-electron chi connectivity index (χ4n) is 2.60. The van der Waals surface area contributed by atoms with Crippen LogP contribution >= 0.6 is 12.4 Å². The van der Waals surface area contributed by atoms with Gasteiger partial charge in [0, 0.05) is 19.1 Å². The number of rotatable bonds is 4. The number of aryl methyl sites for hydroxylation is 1. The van der Waals surface area contributed by atoms with E-state index < -0.39 is 0 Å². The Labute approximate surface area is 115 Å². The number of nitrogens with one attached hydrogen (secondary N) is 1. The Morgan fingerprint density at radius 1 is 1.44 bits per heavy atom. The summed E-state index contributed by atoms with van der Waals surface area (Å²) in [6.07, 6.45) is 2.50. The zero-order chi connectivity index (χ0) is 12.3. The van der Waals surface area contributed by atoms with Crippen molar-refractivity contribution in [3.63, 3.8) is 0 Å². The van der Waals surface area contributed by atoms with Crippen LogP contribution in [0.5, 0.6) is 0 Å². The second-order valence-corrected chi connectivity index (χ2v) is 4.90. The van der Waals surface area contributed by atoms with Crippen molar-refractivity contribution in [3.05, 3.63) is 35.1 Å². The third kappa shape index (κ3) is 3.67. The van der Waals surface area contributed by atoms with Gasteiger partial charge >= 0.3 is 0 Å². The first-order valence-electron chi connectivity index (χ1n) is 6.34. The van der Waals surface area contributed by atoms with E-state index in [-0.39, 0.29) is 18.2 Å². The summed E-state index contributed by atoms with van der Waals surface area (Å²) in [5.41, 5.74) is 2.30. The standard InChI is InChI=1S/C14H21FN2.ClH/c1-11-5-6-13(15)8-12(11)10-17-7-3-4-14(17)9-16-2;/h5-6,8,14,16H,3-4,7,9-10H2,1-2H3;1H. The molecule has 1 aromatic rings. The Morgan fingerprint density at radius 3 is 2.94 bits per heavy atom. The molecule has 1 aliphatic heterocycles. The van der Waals surface area contributed by atoms with Crippen molar-refractivity contribution in [2.75, 3.05) is 20.1 Å². The second kappa shape index (κ2) is 7.07. The first-order valence-corrected chi connectivity index (χ1v) is 6.34. The highest BCUT2D eigenvalue weighted by Crippen LogP contribution is 2.21. The number of nitrogens with zero attached hydrogens (tertiary/aromatic N) is 1. The van der Waals surface area contributed by atoms with Crippen LogP contribution in [0, 0.1) is 12.7 Å². The van der Waals surface area contributed by atoms with Crippen molar-refractivity contribution in [1.29, 1.82) is 0 Å². The van der Waals surface area contributed by atoms with Gasteiger partial charge in [-0.05, 0) is 56.6 Å². The summed E-state index contributed by atoms with van der Waals surface area (Å²) >= 11 is 0. The van der Waals surface area contributed by atoms with Crippen molar-refractivity contribution < 1.29 is 4.39 Å². The van der Waals surface area contributed by atoms with E-state index in [0.29, 0.717) is 6.04 Å². The van der Waals surface area contributed by atoms with Crippen LogP contribution in [-0.2, 0) is 6.54 Å². The maximum atomic E-state index is 13.2. The molecule has 1 heterocycles. The number of hydrogen-bond acceptors (Lipinski definition) is 2. The van der Waals surface area contributed by atoms with Crippen LogP contribution in [0.3, 0.4) is 0 Å². The molecule has 0 aliphatic carbocycles. The Bertz CT molecular complexity index is 384. The predicted molar refractivity (Wildman–Crippen MR) is 75.7 cm³/mol. The first-order chi connectivity index (χ1) is 8.20. The van der Waals surface area contributed by atoms with Crippen LogP contribution in [0.15, 0.2) is 18.2 Å². The van der Waals surface area contributed by atoms with Crippen LogP contribution in [0.25, 0.3) is 0 Å². The Kier molecular flexibility index (Phi) is 6.06. The molecule has 0 aromatic heterocycles. The molecule has 18 heavy (non-hydrogen) atoms. The topological polar surface area (TPSA) is 15.3 Å². The van der Waals surface area contributed by atoms with Crippen molar-refractivity contribution in [2.45, 2.75) is 32.4 Å². The van der Waals surface area contributed by atoms with E-state index in [1.807, 2.05) is 13.1 Å². The van der Waals surface area contributed by atoms with E-state index in [1.165, 1.54) is 24.5 Å². The molecule has 1 unspecified atom stereocenters. The van der Waals surface area contributed by atoms with Crippen molar-refractivity contribution in [3.8, 4) is 0 Å². The molecule has 0 saturated carbocycles. The molecule has 4 heteroatoms. The molecule has 2 nitrogen and oxygen atoms in total. The molecule has 2 rings (SSSR count). The van der Waals surface area contributed by atoms with E-state index >= 15 is 0 Å². The number of likely N-dealkylation sites (N-methyl/N-ethyl adjacent to an activating group) is 1. The molecule has 1 aliphatic rings. The average Bonchev–Trinajstić information content (AvgIpc) is 2.72. The highest BCUT2D eigenvalue weighted by atomic mass is 35.5. The molecule has 0 bridgehead atoms. The van der Waals surface area contributed by atoms with Crippen LogP contribution in [0.4, 0.5) is 4.39 Å². The second-order valence-electron chi connectivity index (χ2n) is 4.90. The van der Waals surface area contributed by atoms with Crippen LogP contribution in [0.2, 0.25) is 0 Å². The lowest BCUT2D eigenvalue weighted by atomic mass is 10.1. The Balaban J connectivity index is 0.00000162. The molecule has 0 spiro atoms. The Morgan fingerprint density at radius 2 is 2.22 bits per heavy atom. The summed E-state index contributed by atoms with van der Waals surface area (Å²) in [4.78, 5) is 2.46. The normalized spacial score (nSPS) is 19.8. The molecular weight excluding hydrogens is 251 g/mol. The third-order valence-electron chi connectivity index (χ3n) is 3.62. The summed E-state index contributed by atoms with van der Waals surface area (Å²) in [7, 11) is 1.99. The van der Waals surface area contributed by atoms with E-state index in [0.717, 1.165) is 25.2 Å². The largest absolute Gasteiger partial charge is 0.318 e. The lowest BCUT2D eigenvalue weighted by molar-refractivity contribution is 0.241. The minimum atomic E-state index is -0.130. The van der Waals surface area contributed by atoms with Gasteiger partial charge in [-0.3, -0.25) is 4.90 Å². The van der Waals surface area contributed by atoms with Crippen molar-refractivity contribution in [2.24, 2.45) is 0 Å². The monoisotopic (exact) mass is 272 g/mol. The molecule has 1 saturated heterocycles. The smallest absolute Gasteiger partial charge is 0.123 e. The number of likely N-dealkylation sites (tertiary alicyclic amines) is 1. The molecule has 1 N–H and O–H groups in total. The third-order valence-corrected chi connectivity index (χ3v) is 3.62. The zero-order valence-corrected chi connectivity index (χ0v) is 11.9. The quantitative estimate of drug-likeness (QED) is 0.907. The number of benzene rings is 1. The SMILES string of the molecule is CNCC1CCCN1Cc1cc(F)ccc1C.Cl. The minimum Gasteiger partial charge on any atom is -0.318 e. The van der Waals surface area contributed by atoms with Gasteiger partial charge in [0.15, 0.2) is 0 Å². The van der Waals surface area contributed by atoms with Crippen LogP contribution in [-0.4, -0.2) is 31.1 Å². The summed E-state index contributed by atoms with van der Waals surface area (Å²) in [5.74, 6) is -0.130. The average molecular weight is 273 g/mol. The molecule has 0 radical (unpaired) electrons. The van der Waals surface area contributed by atoms with E-state index in [9.17, 15) is 4.39 Å². The van der Waals surface area contributed by atoms with Gasteiger partial charge in [-0.1, -0.05) is 6.07 Å². The molecule has 0 amide bonds. The molecular formula is C14H22ClFN2. The van der Waals surface area contributed by atoms with Gasteiger partial charge < -0.3 is 5.32 Å². The summed E-state index contributed by atoms with van der Waals surface area (Å²) in [6, 6.07) is 5.67. The van der Waals surface area contributed by atoms with Gasteiger partial charge in [-0.2, -0.15) is 0 Å². The molecule has 1 aromatic carbocycles. The fourth-order valence-corrected chi connectivity index (χ4v) is 2.60. The van der Waals surface area contributed by atoms with Crippen LogP contribution in [0.1, 0.15) is 24.0 Å². The van der Waals surface area contributed by atoms with Gasteiger partial charge in [0.1, 0.15) is 5.82 Å². The lowest BCUT2D eigenvalue weighted by Crippen LogP contribution is -2.36. The van der Waals surface area contributed by atoms with E-state index in [1.54, 1.807) is 6.07 Å². The van der Waals surface area contributed by atoms with Gasteiger partial charge in [0.05, 0.1) is 0 Å². The fraction of sp³-hybridized carbons (Fsp3) is 0.571. The van der Waals surface area contributed by atoms with E-state index in [2.05, 4.69) is 17.1 Å². The first kappa shape index (κ1) is 15.4. The number of hydrogen-bond donors (Lipinski definition) is 1. The maximum Gasteiger partial charge on any atom is 0.123 e. The summed E-state index contributed by atoms with van der Waals surface area (Å²) in [6.45, 7) is 5.07. The minimum absolute atomic E-state index is 0. The van der Waals surface area contributed by atoms with Crippen LogP contribution < -0.4 is 5.32 Å². The summed E-state index contributed by atoms with van der Waals surface area (Å²) in [5, 5.41) is 3.24.